The zero-order valence-electron chi connectivity index (χ0n) is 53.5. The molecule has 2 heterocycles. The van der Waals surface area contributed by atoms with Gasteiger partial charge >= 0.3 is 5.97 Å². The van der Waals surface area contributed by atoms with Gasteiger partial charge in [0.25, 0.3) is 45.8 Å². The number of anilines is 6. The van der Waals surface area contributed by atoms with Crippen LogP contribution in [0, 0.1) is 10.8 Å². The summed E-state index contributed by atoms with van der Waals surface area (Å²) in [7, 11) is 0. The lowest BCUT2D eigenvalue weighted by Crippen LogP contribution is -2.34. The smallest absolute Gasteiger partial charge is 0.341 e. The lowest BCUT2D eigenvalue weighted by Gasteiger charge is -2.18. The number of alkyl halides is 8. The number of nitrogens with zero attached hydrogens (tertiary/aromatic N) is 4. The van der Waals surface area contributed by atoms with E-state index in [2.05, 4.69) is 85.8 Å². The summed E-state index contributed by atoms with van der Waals surface area (Å²) in [5.74, 6) is 4.52. The summed E-state index contributed by atoms with van der Waals surface area (Å²) in [6.07, 6.45) is -11.3. The number of hydrogen-bond donors (Lipinski definition) is 6. The number of nitrogens with one attached hydrogen (secondary N) is 5. The molecular formula is C65H73AlBr2Cl2F8N10O7. The summed E-state index contributed by atoms with van der Waals surface area (Å²) in [6, 6.07) is 29.0. The van der Waals surface area contributed by atoms with Gasteiger partial charge in [-0.25, -0.2) is 49.9 Å². The van der Waals surface area contributed by atoms with Gasteiger partial charge in [0.15, 0.2) is 0 Å². The van der Waals surface area contributed by atoms with E-state index in [1.54, 1.807) is 109 Å². The number of rotatable bonds is 22. The van der Waals surface area contributed by atoms with E-state index >= 15 is 0 Å². The number of benzene rings is 6. The Morgan fingerprint density at radius 3 is 1.34 bits per heavy atom. The number of carbonyl (C=O) groups excluding carboxylic acids is 4. The van der Waals surface area contributed by atoms with Crippen molar-refractivity contribution in [3.8, 4) is 11.5 Å². The number of imidazole rings is 2. The Morgan fingerprint density at radius 2 is 0.968 bits per heavy atom. The third-order valence-electron chi connectivity index (χ3n) is 12.6. The van der Waals surface area contributed by atoms with Gasteiger partial charge < -0.3 is 55.7 Å². The first-order valence-corrected chi connectivity index (χ1v) is 35.2. The molecule has 0 radical (unpaired) electrons. The summed E-state index contributed by atoms with van der Waals surface area (Å²) >= 11 is 19.2. The first-order valence-electron chi connectivity index (χ1n) is 29.4. The molecule has 7 N–H and O–H groups in total. The van der Waals surface area contributed by atoms with Gasteiger partial charge in [0, 0.05) is 56.4 Å². The van der Waals surface area contributed by atoms with Crippen LogP contribution in [0.3, 0.4) is 0 Å². The van der Waals surface area contributed by atoms with Gasteiger partial charge in [0.1, 0.15) is 30.3 Å². The molecule has 17 nitrogen and oxygen atoms in total. The average Bonchev–Trinajstić information content (AvgIpc) is 1.65. The van der Waals surface area contributed by atoms with Crippen LogP contribution in [0.2, 0.25) is 27.4 Å². The average molecular weight is 1520 g/mol. The molecule has 0 spiro atoms. The largest absolute Gasteiger partial charge is 0.487 e. The van der Waals surface area contributed by atoms with Crippen molar-refractivity contribution in [3.63, 3.8) is 0 Å². The number of ether oxygens (including phenoxy) is 3. The monoisotopic (exact) mass is 1510 g/mol. The minimum Gasteiger partial charge on any atom is -0.487 e. The first-order chi connectivity index (χ1) is 44.5. The number of halogens is 12. The number of amides is 3. The highest BCUT2D eigenvalue weighted by Crippen LogP contribution is 2.36. The van der Waals surface area contributed by atoms with Crippen LogP contribution in [0.15, 0.2) is 118 Å². The van der Waals surface area contributed by atoms with Crippen molar-refractivity contribution in [2.24, 2.45) is 10.8 Å². The van der Waals surface area contributed by atoms with Gasteiger partial charge in [-0.3, -0.25) is 14.4 Å². The first kappa shape index (κ1) is 78.3. The highest BCUT2D eigenvalue weighted by atomic mass is 79.9. The van der Waals surface area contributed by atoms with Crippen LogP contribution in [-0.4, -0.2) is 102 Å². The van der Waals surface area contributed by atoms with Crippen LogP contribution in [-0.2, 0) is 40.5 Å². The third-order valence-corrected chi connectivity index (χ3v) is 14.3. The molecule has 30 heteroatoms. The topological polar surface area (TPSA) is 218 Å². The molecule has 0 aliphatic carbocycles. The summed E-state index contributed by atoms with van der Waals surface area (Å²) in [6.45, 7) is 9.02. The second-order valence-corrected chi connectivity index (χ2v) is 29.8. The summed E-state index contributed by atoms with van der Waals surface area (Å²) in [5, 5.41) is 14.7. The normalized spacial score (nSPS) is 11.3. The molecule has 0 atom stereocenters. The predicted molar refractivity (Wildman–Crippen MR) is 366 cm³/mol. The molecule has 95 heavy (non-hydrogen) atoms. The van der Waals surface area contributed by atoms with Crippen molar-refractivity contribution in [2.45, 2.75) is 118 Å². The molecule has 0 aliphatic rings. The number of carbonyl (C=O) groups is 4. The highest BCUT2D eigenvalue weighted by Gasteiger charge is 2.27. The lowest BCUT2D eigenvalue weighted by molar-refractivity contribution is -0.129. The van der Waals surface area contributed by atoms with Crippen molar-refractivity contribution in [1.29, 1.82) is 0 Å². The van der Waals surface area contributed by atoms with Gasteiger partial charge in [-0.1, -0.05) is 109 Å². The molecule has 0 aliphatic heterocycles. The molecule has 8 rings (SSSR count). The number of fused-ring (bicyclic) bond motifs is 2. The Kier molecular flexibility index (Phi) is 29.8. The van der Waals surface area contributed by atoms with Crippen molar-refractivity contribution in [1.82, 2.24) is 29.7 Å². The minimum atomic E-state index is -2.85. The minimum absolute atomic E-state index is 0.0167. The van der Waals surface area contributed by atoms with Gasteiger partial charge in [-0.05, 0) is 103 Å². The van der Waals surface area contributed by atoms with E-state index in [0.29, 0.717) is 28.2 Å². The lowest BCUT2D eigenvalue weighted by atomic mass is 9.95. The molecule has 0 unspecified atom stereocenters. The van der Waals surface area contributed by atoms with Crippen LogP contribution in [0.25, 0.3) is 22.1 Å². The van der Waals surface area contributed by atoms with Gasteiger partial charge in [0.2, 0.25) is 23.7 Å². The van der Waals surface area contributed by atoms with Crippen molar-refractivity contribution in [2.75, 3.05) is 41.5 Å². The Balaban J connectivity index is 0.000000293. The molecule has 0 bridgehead atoms. The number of aromatic nitrogens is 4. The van der Waals surface area contributed by atoms with Crippen LogP contribution >= 0.6 is 55.1 Å². The number of nitrogens with two attached hydrogens (primary N) is 1. The molecule has 512 valence electrons. The maximum Gasteiger partial charge on any atom is 0.341 e. The molecule has 8 aromatic rings. The molecule has 0 fully saturated rings. The van der Waals surface area contributed by atoms with Crippen molar-refractivity contribution >= 4 is 150 Å². The molecule has 0 saturated carbocycles. The van der Waals surface area contributed by atoms with Crippen LogP contribution in [0.5, 0.6) is 11.5 Å². The maximum absolute atomic E-state index is 13.8. The predicted octanol–water partition coefficient (Wildman–Crippen LogP) is 17.6. The Morgan fingerprint density at radius 1 is 0.579 bits per heavy atom. The van der Waals surface area contributed by atoms with Gasteiger partial charge in [0.05, 0.1) is 68.7 Å². The van der Waals surface area contributed by atoms with E-state index in [-0.39, 0.29) is 112 Å². The fraction of sp³-hybridized carbons (Fsp3) is 0.354. The number of esters is 1. The Bertz CT molecular complexity index is 3870. The molecule has 2 aromatic heterocycles. The van der Waals surface area contributed by atoms with E-state index in [4.69, 9.17) is 43.1 Å². The Hall–Kier alpha value is -7.35. The van der Waals surface area contributed by atoms with E-state index in [1.807, 2.05) is 24.3 Å². The standard InChI is InChI=1S/C30H29BrClF4N5O3.C26H29ClF4N4O4.C6H6BrN.3CH3.Al/c1-30(2,3)28(43)37-13-16-4-9-20(32)21(10-16)39-29-40-22-11-19(27(42)38-18-7-5-17(31)6-8-18)24(44-15-26(35)36)12-23(22)41(29)14-25(33)34;1-5-38-23(36)15-9-18-19(10-20(15)39-13-22(30)31)35(12-21(28)29)25(34-18)33-17-8-14(6-7-16(17)27)11-32-24(37)26(2,3)4;7-5-1-3-6(8)4-2-5;;;;/h4-12,25-26H,13-15H2,1-3H3,(H,37,43)(H,38,42)(H,39,40);6-10,21-22H,5,11-13H2,1-4H3,(H,32,37)(H,33,34);1-4H,8H2;3*1H3;. The van der Waals surface area contributed by atoms with Crippen molar-refractivity contribution in [3.05, 3.63) is 150 Å². The second kappa shape index (κ2) is 36.1. The second-order valence-electron chi connectivity index (χ2n) is 23.7. The zero-order valence-corrected chi connectivity index (χ0v) is 59.3. The van der Waals surface area contributed by atoms with Crippen LogP contribution in [0.4, 0.5) is 69.8 Å². The fourth-order valence-corrected chi connectivity index (χ4v) is 8.98. The van der Waals surface area contributed by atoms with Crippen LogP contribution in [0.1, 0.15) is 80.3 Å². The summed E-state index contributed by atoms with van der Waals surface area (Å²) < 4.78 is 126. The zero-order chi connectivity index (χ0) is 70.6. The maximum atomic E-state index is 13.8. The van der Waals surface area contributed by atoms with Crippen molar-refractivity contribution < 1.29 is 68.5 Å². The number of nitrogen functional groups attached to an aromatic ring is 1. The SMILES string of the molecule is CC(C)(C)C(=O)NCc1ccc(Cl)c(Nc2nc3cc(C(=O)Nc4ccc(Br)cc4)c(OCC(F)F)cc3n2CC(F)F)c1.CCOC(=O)c1cc2nc(Nc3cc(CNC(=O)C(C)(C)C)ccc3Cl)n(CC(F)F)c2cc1OCC(F)F.Nc1ccc(Br)cc1.[CH3][Al]([CH3])[CH3]. The molecule has 0 saturated heterocycles. The van der Waals surface area contributed by atoms with E-state index in [1.165, 1.54) is 24.3 Å². The molecule has 3 amide bonds. The molecular weight excluding hydrogens is 1440 g/mol. The van der Waals surface area contributed by atoms with E-state index in [0.717, 1.165) is 23.8 Å². The van der Waals surface area contributed by atoms with E-state index in [9.17, 15) is 54.3 Å². The summed E-state index contributed by atoms with van der Waals surface area (Å²) in [5.41, 5.74) is 7.63. The Labute approximate surface area is 576 Å². The van der Waals surface area contributed by atoms with Gasteiger partial charge in [-0.2, -0.15) is 0 Å². The van der Waals surface area contributed by atoms with E-state index < -0.39 is 74.7 Å². The number of hydrogen-bond acceptors (Lipinski definition) is 12. The van der Waals surface area contributed by atoms with Crippen LogP contribution < -0.4 is 41.8 Å². The highest BCUT2D eigenvalue weighted by molar-refractivity contribution is 9.10. The fourth-order valence-electron chi connectivity index (χ4n) is 8.12. The quantitative estimate of drug-likeness (QED) is 0.0162. The van der Waals surface area contributed by atoms with Gasteiger partial charge in [-0.15, -0.1) is 17.4 Å². The molecule has 6 aromatic carbocycles. The summed E-state index contributed by atoms with van der Waals surface area (Å²) in [4.78, 5) is 59.0. The third kappa shape index (κ3) is 25.0.